The van der Waals surface area contributed by atoms with E-state index >= 15 is 0 Å². The quantitative estimate of drug-likeness (QED) is 0.694. The van der Waals surface area contributed by atoms with Crippen molar-refractivity contribution in [3.63, 3.8) is 0 Å². The lowest BCUT2D eigenvalue weighted by atomic mass is 10.2. The van der Waals surface area contributed by atoms with E-state index in [1.807, 2.05) is 0 Å². The van der Waals surface area contributed by atoms with Crippen LogP contribution in [-0.2, 0) is 6.54 Å². The van der Waals surface area contributed by atoms with Crippen molar-refractivity contribution in [1.82, 2.24) is 9.97 Å². The summed E-state index contributed by atoms with van der Waals surface area (Å²) in [4.78, 5) is 21.0. The van der Waals surface area contributed by atoms with E-state index < -0.39 is 0 Å². The Morgan fingerprint density at radius 3 is 2.70 bits per heavy atom. The van der Waals surface area contributed by atoms with Gasteiger partial charge in [0.25, 0.3) is 5.91 Å². The molecular formula is C20H19FN4O2. The highest BCUT2D eigenvalue weighted by molar-refractivity contribution is 6.03. The molecule has 0 fully saturated rings. The van der Waals surface area contributed by atoms with Gasteiger partial charge < -0.3 is 15.4 Å². The molecule has 0 bridgehead atoms. The Kier molecular flexibility index (Phi) is 5.61. The van der Waals surface area contributed by atoms with E-state index in [1.54, 1.807) is 62.6 Å². The van der Waals surface area contributed by atoms with Gasteiger partial charge in [0.15, 0.2) is 0 Å². The third-order valence-corrected chi connectivity index (χ3v) is 3.81. The summed E-state index contributed by atoms with van der Waals surface area (Å²) in [5.41, 5.74) is 1.92. The van der Waals surface area contributed by atoms with Crippen LogP contribution >= 0.6 is 0 Å². The summed E-state index contributed by atoms with van der Waals surface area (Å²) in [6, 6.07) is 15.1. The van der Waals surface area contributed by atoms with Crippen molar-refractivity contribution >= 4 is 17.5 Å². The van der Waals surface area contributed by atoms with E-state index in [2.05, 4.69) is 20.6 Å². The Labute approximate surface area is 156 Å². The van der Waals surface area contributed by atoms with Gasteiger partial charge in [0, 0.05) is 29.6 Å². The number of hydrogen-bond acceptors (Lipinski definition) is 5. The predicted octanol–water partition coefficient (Wildman–Crippen LogP) is 3.80. The Balaban J connectivity index is 1.74. The highest BCUT2D eigenvalue weighted by Gasteiger charge is 2.12. The van der Waals surface area contributed by atoms with Gasteiger partial charge in [-0.15, -0.1) is 0 Å². The van der Waals surface area contributed by atoms with Gasteiger partial charge in [-0.05, 0) is 31.2 Å². The maximum absolute atomic E-state index is 13.7. The van der Waals surface area contributed by atoms with Crippen molar-refractivity contribution in [3.05, 3.63) is 77.4 Å². The third kappa shape index (κ3) is 4.78. The topological polar surface area (TPSA) is 76.1 Å². The number of carbonyl (C=O) groups is 1. The van der Waals surface area contributed by atoms with Crippen LogP contribution in [0, 0.1) is 12.7 Å². The molecule has 1 amide bonds. The average molecular weight is 366 g/mol. The lowest BCUT2D eigenvalue weighted by Crippen LogP contribution is -2.16. The number of benzene rings is 2. The van der Waals surface area contributed by atoms with Gasteiger partial charge in [-0.1, -0.05) is 24.3 Å². The first-order valence-electron chi connectivity index (χ1n) is 8.33. The predicted molar refractivity (Wildman–Crippen MR) is 101 cm³/mol. The van der Waals surface area contributed by atoms with E-state index in [4.69, 9.17) is 4.74 Å². The second kappa shape index (κ2) is 8.27. The molecule has 0 radical (unpaired) electrons. The number of anilines is 2. The molecule has 2 aromatic carbocycles. The Morgan fingerprint density at radius 2 is 1.93 bits per heavy atom. The molecule has 0 aliphatic carbocycles. The number of hydrogen-bond donors (Lipinski definition) is 2. The van der Waals surface area contributed by atoms with Gasteiger partial charge in [0.2, 0.25) is 5.95 Å². The van der Waals surface area contributed by atoms with Crippen molar-refractivity contribution < 1.29 is 13.9 Å². The summed E-state index contributed by atoms with van der Waals surface area (Å²) in [7, 11) is 1.56. The van der Waals surface area contributed by atoms with Crippen molar-refractivity contribution in [2.24, 2.45) is 0 Å². The fourth-order valence-corrected chi connectivity index (χ4v) is 2.48. The van der Waals surface area contributed by atoms with Crippen LogP contribution in [0.2, 0.25) is 0 Å². The van der Waals surface area contributed by atoms with Crippen molar-refractivity contribution in [2.75, 3.05) is 17.7 Å². The van der Waals surface area contributed by atoms with Gasteiger partial charge in [0.1, 0.15) is 17.3 Å². The average Bonchev–Trinajstić information content (AvgIpc) is 2.67. The molecule has 0 atom stereocenters. The summed E-state index contributed by atoms with van der Waals surface area (Å²) in [5, 5.41) is 5.73. The number of nitrogens with zero attached hydrogens (tertiary/aromatic N) is 2. The molecule has 1 aromatic heterocycles. The minimum Gasteiger partial charge on any atom is -0.497 e. The number of halogens is 1. The summed E-state index contributed by atoms with van der Waals surface area (Å²) in [5.74, 6) is 0.212. The molecule has 27 heavy (non-hydrogen) atoms. The first kappa shape index (κ1) is 18.3. The molecule has 0 saturated heterocycles. The van der Waals surface area contributed by atoms with Crippen LogP contribution < -0.4 is 15.4 Å². The molecule has 0 spiro atoms. The Hall–Kier alpha value is -3.48. The highest BCUT2D eigenvalue weighted by atomic mass is 19.1. The van der Waals surface area contributed by atoms with Crippen LogP contribution in [0.5, 0.6) is 5.75 Å². The molecule has 6 nitrogen and oxygen atoms in total. The lowest BCUT2D eigenvalue weighted by molar-refractivity contribution is 0.102. The second-order valence-electron chi connectivity index (χ2n) is 5.85. The molecule has 0 unspecified atom stereocenters. The van der Waals surface area contributed by atoms with Crippen molar-refractivity contribution in [2.45, 2.75) is 13.5 Å². The Morgan fingerprint density at radius 1 is 1.11 bits per heavy atom. The summed E-state index contributed by atoms with van der Waals surface area (Å²) in [6.45, 7) is 1.98. The van der Waals surface area contributed by atoms with Gasteiger partial charge in [-0.25, -0.2) is 14.4 Å². The molecule has 3 aromatic rings. The zero-order valence-corrected chi connectivity index (χ0v) is 15.0. The zero-order chi connectivity index (χ0) is 19.2. The van der Waals surface area contributed by atoms with Crippen LogP contribution in [0.4, 0.5) is 16.0 Å². The van der Waals surface area contributed by atoms with Gasteiger partial charge in [-0.2, -0.15) is 0 Å². The van der Waals surface area contributed by atoms with E-state index in [9.17, 15) is 9.18 Å². The number of aryl methyl sites for hydroxylation is 1. The normalized spacial score (nSPS) is 10.3. The van der Waals surface area contributed by atoms with Crippen LogP contribution in [0.25, 0.3) is 0 Å². The van der Waals surface area contributed by atoms with E-state index in [1.165, 1.54) is 6.07 Å². The number of carbonyl (C=O) groups excluding carboxylic acids is 1. The number of amides is 1. The summed E-state index contributed by atoms with van der Waals surface area (Å²) >= 11 is 0. The van der Waals surface area contributed by atoms with Crippen LogP contribution in [0.3, 0.4) is 0 Å². The first-order chi connectivity index (χ1) is 13.0. The lowest BCUT2D eigenvalue weighted by Gasteiger charge is -2.10. The number of aromatic nitrogens is 2. The largest absolute Gasteiger partial charge is 0.497 e. The van der Waals surface area contributed by atoms with Crippen LogP contribution in [0.15, 0.2) is 54.6 Å². The minimum atomic E-state index is -0.373. The molecule has 0 aliphatic rings. The molecular weight excluding hydrogens is 347 g/mol. The van der Waals surface area contributed by atoms with E-state index in [0.717, 1.165) is 0 Å². The van der Waals surface area contributed by atoms with Crippen molar-refractivity contribution in [1.29, 1.82) is 0 Å². The monoisotopic (exact) mass is 366 g/mol. The number of nitrogens with one attached hydrogen (secondary N) is 2. The van der Waals surface area contributed by atoms with Crippen LogP contribution in [0.1, 0.15) is 21.7 Å². The zero-order valence-electron chi connectivity index (χ0n) is 15.0. The smallest absolute Gasteiger partial charge is 0.274 e. The summed E-state index contributed by atoms with van der Waals surface area (Å²) in [6.07, 6.45) is 0. The molecule has 7 heteroatoms. The van der Waals surface area contributed by atoms with Crippen molar-refractivity contribution in [3.8, 4) is 5.75 Å². The Bertz CT molecular complexity index is 962. The van der Waals surface area contributed by atoms with Gasteiger partial charge >= 0.3 is 0 Å². The number of methoxy groups -OCH3 is 1. The fourth-order valence-electron chi connectivity index (χ4n) is 2.48. The van der Waals surface area contributed by atoms with Gasteiger partial charge in [-0.3, -0.25) is 4.79 Å². The highest BCUT2D eigenvalue weighted by Crippen LogP contribution is 2.18. The standard InChI is InChI=1S/C20H19FN4O2/c1-13-10-18(19(26)24-15-7-5-8-16(11-15)27-2)25-20(23-13)22-12-14-6-3-4-9-17(14)21/h3-11H,12H2,1-2H3,(H,24,26)(H,22,23,25). The second-order valence-corrected chi connectivity index (χ2v) is 5.85. The minimum absolute atomic E-state index is 0.210. The summed E-state index contributed by atoms with van der Waals surface area (Å²) < 4.78 is 18.9. The SMILES string of the molecule is COc1cccc(NC(=O)c2cc(C)nc(NCc3ccccc3F)n2)c1. The molecule has 0 aliphatic heterocycles. The fraction of sp³-hybridized carbons (Fsp3) is 0.150. The van der Waals surface area contributed by atoms with E-state index in [-0.39, 0.29) is 29.9 Å². The van der Waals surface area contributed by atoms with E-state index in [0.29, 0.717) is 22.7 Å². The molecule has 138 valence electrons. The molecule has 3 rings (SSSR count). The molecule has 1 heterocycles. The molecule has 2 N–H and O–H groups in total. The number of rotatable bonds is 6. The maximum Gasteiger partial charge on any atom is 0.274 e. The third-order valence-electron chi connectivity index (χ3n) is 3.81. The number of ether oxygens (including phenoxy) is 1. The first-order valence-corrected chi connectivity index (χ1v) is 8.33. The maximum atomic E-state index is 13.7. The van der Waals surface area contributed by atoms with Crippen LogP contribution in [-0.4, -0.2) is 23.0 Å². The van der Waals surface area contributed by atoms with Gasteiger partial charge in [0.05, 0.1) is 7.11 Å². The molecule has 0 saturated carbocycles.